The van der Waals surface area contributed by atoms with Gasteiger partial charge in [0.2, 0.25) is 0 Å². The summed E-state index contributed by atoms with van der Waals surface area (Å²) in [7, 11) is 1.66. The highest BCUT2D eigenvalue weighted by Gasteiger charge is 2.50. The molecule has 1 aliphatic carbocycles. The van der Waals surface area contributed by atoms with Crippen LogP contribution in [-0.4, -0.2) is 25.0 Å². The Morgan fingerprint density at radius 2 is 1.61 bits per heavy atom. The molecule has 0 spiro atoms. The molecule has 0 unspecified atom stereocenters. The second-order valence-corrected chi connectivity index (χ2v) is 7.71. The van der Waals surface area contributed by atoms with Gasteiger partial charge in [0.05, 0.1) is 12.8 Å². The number of fused-ring (bicyclic) bond motifs is 1. The van der Waals surface area contributed by atoms with Crippen LogP contribution in [0.5, 0.6) is 5.75 Å². The fourth-order valence-corrected chi connectivity index (χ4v) is 4.31. The highest BCUT2D eigenvalue weighted by molar-refractivity contribution is 6.03. The first-order chi connectivity index (χ1) is 15.2. The summed E-state index contributed by atoms with van der Waals surface area (Å²) >= 11 is 0. The number of rotatable bonds is 5. The standard InChI is InChI=1S/C27H23NO3/c1-30-23-15-12-19(13-16-23)18-21-14-17-24-25(21)26(27(29)20-8-4-2-5-9-20)28(31-24)22-10-6-3-7-11-22/h2-18,24-26H,1H3/t24-,25+,26+/m1/s1. The molecule has 1 saturated heterocycles. The summed E-state index contributed by atoms with van der Waals surface area (Å²) in [6, 6.07) is 26.8. The van der Waals surface area contributed by atoms with E-state index in [4.69, 9.17) is 9.57 Å². The first kappa shape index (κ1) is 19.3. The van der Waals surface area contributed by atoms with E-state index < -0.39 is 6.04 Å². The van der Waals surface area contributed by atoms with Crippen molar-refractivity contribution in [3.8, 4) is 5.75 Å². The van der Waals surface area contributed by atoms with Gasteiger partial charge in [-0.05, 0) is 35.4 Å². The molecule has 1 fully saturated rings. The van der Waals surface area contributed by atoms with E-state index >= 15 is 0 Å². The van der Waals surface area contributed by atoms with E-state index in [-0.39, 0.29) is 17.8 Å². The Labute approximate surface area is 182 Å². The number of ketones is 1. The maximum Gasteiger partial charge on any atom is 0.188 e. The first-order valence-electron chi connectivity index (χ1n) is 10.4. The number of nitrogens with zero attached hydrogens (tertiary/aromatic N) is 1. The Morgan fingerprint density at radius 3 is 2.29 bits per heavy atom. The lowest BCUT2D eigenvalue weighted by Gasteiger charge is -2.26. The van der Waals surface area contributed by atoms with Gasteiger partial charge in [0.15, 0.2) is 5.78 Å². The van der Waals surface area contributed by atoms with Gasteiger partial charge in [0.25, 0.3) is 0 Å². The van der Waals surface area contributed by atoms with Crippen molar-refractivity contribution in [1.29, 1.82) is 0 Å². The lowest BCUT2D eigenvalue weighted by Crippen LogP contribution is -2.40. The SMILES string of the molecule is COc1ccc(C=C2C=C[C@H]3ON(c4ccccc4)[C@H](C(=O)c4ccccc4)[C@@H]23)cc1. The summed E-state index contributed by atoms with van der Waals surface area (Å²) in [5.74, 6) is 0.787. The molecule has 2 aliphatic rings. The summed E-state index contributed by atoms with van der Waals surface area (Å²) in [6.45, 7) is 0. The molecule has 154 valence electrons. The molecule has 0 amide bonds. The van der Waals surface area contributed by atoms with Crippen LogP contribution in [0, 0.1) is 5.92 Å². The molecular formula is C27H23NO3. The minimum Gasteiger partial charge on any atom is -0.497 e. The van der Waals surface area contributed by atoms with Gasteiger partial charge < -0.3 is 4.74 Å². The molecule has 0 saturated carbocycles. The van der Waals surface area contributed by atoms with E-state index in [0.717, 1.165) is 22.6 Å². The number of carbonyl (C=O) groups is 1. The molecule has 3 atom stereocenters. The second-order valence-electron chi connectivity index (χ2n) is 7.71. The van der Waals surface area contributed by atoms with E-state index in [1.54, 1.807) is 12.2 Å². The molecule has 5 rings (SSSR count). The molecule has 4 heteroatoms. The molecule has 0 bridgehead atoms. The van der Waals surface area contributed by atoms with Crippen LogP contribution in [0.4, 0.5) is 5.69 Å². The van der Waals surface area contributed by atoms with E-state index in [1.807, 2.05) is 91.0 Å². The zero-order valence-electron chi connectivity index (χ0n) is 17.2. The van der Waals surface area contributed by atoms with Gasteiger partial charge in [-0.2, -0.15) is 0 Å². The fraction of sp³-hybridized carbons (Fsp3) is 0.148. The lowest BCUT2D eigenvalue weighted by atomic mass is 9.86. The quantitative estimate of drug-likeness (QED) is 0.534. The van der Waals surface area contributed by atoms with Gasteiger partial charge in [0.1, 0.15) is 17.9 Å². The van der Waals surface area contributed by atoms with Crippen LogP contribution in [0.3, 0.4) is 0 Å². The van der Waals surface area contributed by atoms with E-state index in [2.05, 4.69) is 12.2 Å². The number of Topliss-reactive ketones (excluding diaryl/α,β-unsaturated/α-hetero) is 1. The van der Waals surface area contributed by atoms with Crippen LogP contribution >= 0.6 is 0 Å². The predicted molar refractivity (Wildman–Crippen MR) is 122 cm³/mol. The summed E-state index contributed by atoms with van der Waals surface area (Å²) < 4.78 is 5.26. The minimum absolute atomic E-state index is 0.0567. The van der Waals surface area contributed by atoms with Crippen LogP contribution in [0.25, 0.3) is 6.08 Å². The number of methoxy groups -OCH3 is 1. The lowest BCUT2D eigenvalue weighted by molar-refractivity contribution is 0.0885. The molecule has 1 aliphatic heterocycles. The van der Waals surface area contributed by atoms with Crippen LogP contribution in [-0.2, 0) is 4.84 Å². The fourth-order valence-electron chi connectivity index (χ4n) is 4.31. The van der Waals surface area contributed by atoms with Crippen molar-refractivity contribution in [3.05, 3.63) is 114 Å². The van der Waals surface area contributed by atoms with E-state index in [9.17, 15) is 4.79 Å². The molecule has 0 N–H and O–H groups in total. The Balaban J connectivity index is 1.54. The van der Waals surface area contributed by atoms with Crippen molar-refractivity contribution in [1.82, 2.24) is 0 Å². The minimum atomic E-state index is -0.450. The number of hydrogen-bond donors (Lipinski definition) is 0. The van der Waals surface area contributed by atoms with Crippen molar-refractivity contribution < 1.29 is 14.4 Å². The van der Waals surface area contributed by atoms with Gasteiger partial charge in [0, 0.05) is 11.5 Å². The van der Waals surface area contributed by atoms with Gasteiger partial charge >= 0.3 is 0 Å². The molecule has 1 heterocycles. The third kappa shape index (κ3) is 3.66. The van der Waals surface area contributed by atoms with Crippen LogP contribution in [0.15, 0.2) is 103 Å². The van der Waals surface area contributed by atoms with E-state index in [0.29, 0.717) is 5.56 Å². The van der Waals surface area contributed by atoms with Crippen molar-refractivity contribution in [2.75, 3.05) is 12.2 Å². The molecule has 4 nitrogen and oxygen atoms in total. The van der Waals surface area contributed by atoms with Gasteiger partial charge in [-0.3, -0.25) is 9.63 Å². The zero-order valence-corrected chi connectivity index (χ0v) is 17.2. The predicted octanol–water partition coefficient (Wildman–Crippen LogP) is 5.34. The number of hydroxylamine groups is 1. The van der Waals surface area contributed by atoms with Gasteiger partial charge in [-0.25, -0.2) is 5.06 Å². The maximum atomic E-state index is 13.7. The smallest absolute Gasteiger partial charge is 0.188 e. The number of carbonyl (C=O) groups excluding carboxylic acids is 1. The number of allylic oxidation sites excluding steroid dienone is 1. The summed E-state index contributed by atoms with van der Waals surface area (Å²) in [5.41, 5.74) is 3.71. The topological polar surface area (TPSA) is 38.8 Å². The van der Waals surface area contributed by atoms with Gasteiger partial charge in [-0.15, -0.1) is 0 Å². The highest BCUT2D eigenvalue weighted by atomic mass is 16.7. The Hall–Kier alpha value is -3.63. The third-order valence-corrected chi connectivity index (χ3v) is 5.83. The van der Waals surface area contributed by atoms with Gasteiger partial charge in [-0.1, -0.05) is 78.9 Å². The molecule has 0 radical (unpaired) electrons. The van der Waals surface area contributed by atoms with Crippen LogP contribution in [0.1, 0.15) is 15.9 Å². The van der Waals surface area contributed by atoms with Crippen molar-refractivity contribution >= 4 is 17.5 Å². The molecular weight excluding hydrogens is 386 g/mol. The largest absolute Gasteiger partial charge is 0.497 e. The third-order valence-electron chi connectivity index (χ3n) is 5.83. The normalized spacial score (nSPS) is 23.2. The zero-order chi connectivity index (χ0) is 21.2. The van der Waals surface area contributed by atoms with Crippen LogP contribution < -0.4 is 9.80 Å². The number of ether oxygens (including phenoxy) is 1. The van der Waals surface area contributed by atoms with E-state index in [1.165, 1.54) is 0 Å². The second kappa shape index (κ2) is 8.25. The summed E-state index contributed by atoms with van der Waals surface area (Å²) in [5, 5.41) is 1.79. The van der Waals surface area contributed by atoms with Crippen molar-refractivity contribution in [3.63, 3.8) is 0 Å². The van der Waals surface area contributed by atoms with Crippen LogP contribution in [0.2, 0.25) is 0 Å². The number of hydrogen-bond acceptors (Lipinski definition) is 4. The molecule has 3 aromatic rings. The maximum absolute atomic E-state index is 13.7. The number of benzene rings is 3. The number of anilines is 1. The monoisotopic (exact) mass is 409 g/mol. The number of para-hydroxylation sites is 1. The van der Waals surface area contributed by atoms with Crippen molar-refractivity contribution in [2.45, 2.75) is 12.1 Å². The Kier molecular flexibility index (Phi) is 5.14. The average Bonchev–Trinajstić information content (AvgIpc) is 3.40. The average molecular weight is 409 g/mol. The summed E-state index contributed by atoms with van der Waals surface area (Å²) in [6.07, 6.45) is 6.08. The molecule has 0 aromatic heterocycles. The Bertz CT molecular complexity index is 1120. The Morgan fingerprint density at radius 1 is 0.935 bits per heavy atom. The highest BCUT2D eigenvalue weighted by Crippen LogP contribution is 2.43. The molecule has 3 aromatic carbocycles. The first-order valence-corrected chi connectivity index (χ1v) is 10.4. The van der Waals surface area contributed by atoms with Crippen molar-refractivity contribution in [2.24, 2.45) is 5.92 Å². The summed E-state index contributed by atoms with van der Waals surface area (Å²) in [4.78, 5) is 20.0. The molecule has 31 heavy (non-hydrogen) atoms.